The number of nitro groups is 1. The maximum atomic E-state index is 13.8. The standard InChI is InChI=1S/C41H43ClN6O6S/c1-41(2)12-10-30(36(23-41)28-4-6-32(42)7-5-28)25-46-14-16-47(17-15-46)33-8-9-38(37(22-33)54-35-21-29-11-13-43-39(29)44-24-35)55(52)45-40(49)31-18-27(26-53-3)19-34(20-31)48(50)51/h4-9,11,13,18-22,24H,10,12,14-17,23,25-26H2,1-3H3,(H,43,44)(H,45,49). The molecule has 1 fully saturated rings. The SMILES string of the molecule is COCc1cc(C(=O)NS(=O)c2ccc(N3CCN(CC4=C(c5ccc(Cl)cc5)CC(C)(C)CC4)CC3)cc2Oc2cnc3[nH]ccc3c2)cc([N+](=O)[O-])c1. The van der Waals surface area contributed by atoms with Gasteiger partial charge in [-0.15, -0.1) is 0 Å². The first-order valence-electron chi connectivity index (χ1n) is 18.1. The number of carbonyl (C=O) groups is 1. The van der Waals surface area contributed by atoms with Crippen molar-refractivity contribution in [2.75, 3.05) is 44.7 Å². The number of fused-ring (bicyclic) bond motifs is 1. The second kappa shape index (κ2) is 16.3. The first kappa shape index (κ1) is 38.2. The van der Waals surface area contributed by atoms with Gasteiger partial charge in [0.25, 0.3) is 11.6 Å². The van der Waals surface area contributed by atoms with Gasteiger partial charge in [0.2, 0.25) is 0 Å². The molecule has 2 aromatic heterocycles. The fourth-order valence-electron chi connectivity index (χ4n) is 7.29. The van der Waals surface area contributed by atoms with E-state index in [9.17, 15) is 19.1 Å². The minimum absolute atomic E-state index is 0.0124. The molecule has 1 unspecified atom stereocenters. The lowest BCUT2D eigenvalue weighted by Crippen LogP contribution is -2.47. The Balaban J connectivity index is 1.11. The van der Waals surface area contributed by atoms with Gasteiger partial charge in [-0.1, -0.05) is 43.2 Å². The van der Waals surface area contributed by atoms with E-state index in [1.807, 2.05) is 36.4 Å². The van der Waals surface area contributed by atoms with Crippen molar-refractivity contribution in [3.8, 4) is 11.5 Å². The molecular formula is C41H43ClN6O6S. The van der Waals surface area contributed by atoms with Crippen LogP contribution in [-0.2, 0) is 22.3 Å². The summed E-state index contributed by atoms with van der Waals surface area (Å²) in [4.78, 5) is 36.8. The molecule has 7 rings (SSSR count). The number of methoxy groups -OCH3 is 1. The first-order chi connectivity index (χ1) is 26.4. The number of nitrogens with zero attached hydrogens (tertiary/aromatic N) is 4. The fraction of sp³-hybridized carbons (Fsp3) is 0.317. The van der Waals surface area contributed by atoms with E-state index >= 15 is 0 Å². The van der Waals surface area contributed by atoms with Crippen molar-refractivity contribution >= 4 is 56.5 Å². The summed E-state index contributed by atoms with van der Waals surface area (Å²) in [5.74, 6) is -0.0179. The quantitative estimate of drug-likeness (QED) is 0.0944. The summed E-state index contributed by atoms with van der Waals surface area (Å²) in [6.45, 7) is 8.96. The summed E-state index contributed by atoms with van der Waals surface area (Å²) < 4.78 is 27.8. The van der Waals surface area contributed by atoms with Crippen molar-refractivity contribution in [2.24, 2.45) is 5.41 Å². The van der Waals surface area contributed by atoms with Gasteiger partial charge in [0.05, 0.1) is 17.7 Å². The zero-order valence-corrected chi connectivity index (χ0v) is 32.5. The van der Waals surface area contributed by atoms with Crippen LogP contribution in [0.25, 0.3) is 16.6 Å². The molecule has 3 aromatic carbocycles. The van der Waals surface area contributed by atoms with Crippen LogP contribution in [0.5, 0.6) is 11.5 Å². The number of H-pyrrole nitrogens is 1. The molecule has 1 amide bonds. The molecule has 14 heteroatoms. The maximum Gasteiger partial charge on any atom is 0.270 e. The number of rotatable bonds is 12. The molecule has 1 atom stereocenters. The monoisotopic (exact) mass is 782 g/mol. The van der Waals surface area contributed by atoms with Crippen LogP contribution in [0.2, 0.25) is 5.02 Å². The smallest absolute Gasteiger partial charge is 0.270 e. The van der Waals surface area contributed by atoms with Crippen LogP contribution in [0.4, 0.5) is 11.4 Å². The van der Waals surface area contributed by atoms with Gasteiger partial charge < -0.3 is 19.4 Å². The molecule has 1 aliphatic heterocycles. The molecule has 286 valence electrons. The van der Waals surface area contributed by atoms with E-state index in [0.29, 0.717) is 17.0 Å². The number of amides is 1. The summed E-state index contributed by atoms with van der Waals surface area (Å²) in [6, 6.07) is 21.3. The van der Waals surface area contributed by atoms with Crippen LogP contribution >= 0.6 is 11.6 Å². The summed E-state index contributed by atoms with van der Waals surface area (Å²) in [5.41, 5.74) is 6.17. The predicted molar refractivity (Wildman–Crippen MR) is 215 cm³/mol. The number of benzene rings is 3. The van der Waals surface area contributed by atoms with Gasteiger partial charge in [0, 0.05) is 85.9 Å². The average Bonchev–Trinajstić information content (AvgIpc) is 3.64. The molecule has 1 saturated heterocycles. The zero-order chi connectivity index (χ0) is 38.7. The van der Waals surface area contributed by atoms with Gasteiger partial charge in [-0.2, -0.15) is 0 Å². The van der Waals surface area contributed by atoms with E-state index in [2.05, 4.69) is 50.5 Å². The molecule has 2 N–H and O–H groups in total. The largest absolute Gasteiger partial charge is 0.454 e. The number of nitro benzene ring substituents is 1. The minimum atomic E-state index is -2.09. The minimum Gasteiger partial charge on any atom is -0.454 e. The maximum absolute atomic E-state index is 13.8. The Morgan fingerprint density at radius 2 is 1.84 bits per heavy atom. The molecule has 55 heavy (non-hydrogen) atoms. The molecule has 0 spiro atoms. The van der Waals surface area contributed by atoms with E-state index in [0.717, 1.165) is 74.1 Å². The van der Waals surface area contributed by atoms with E-state index in [1.165, 1.54) is 36.0 Å². The zero-order valence-electron chi connectivity index (χ0n) is 31.0. The highest BCUT2D eigenvalue weighted by molar-refractivity contribution is 7.83. The number of piperazine rings is 1. The Morgan fingerprint density at radius 1 is 1.05 bits per heavy atom. The van der Waals surface area contributed by atoms with Gasteiger partial charge in [-0.25, -0.2) is 9.19 Å². The topological polar surface area (TPSA) is 143 Å². The lowest BCUT2D eigenvalue weighted by Gasteiger charge is -2.39. The Morgan fingerprint density at radius 3 is 2.58 bits per heavy atom. The van der Waals surface area contributed by atoms with Crippen molar-refractivity contribution in [3.05, 3.63) is 123 Å². The Hall–Kier alpha value is -5.08. The van der Waals surface area contributed by atoms with Gasteiger partial charge in [-0.05, 0) is 83.8 Å². The fourth-order valence-corrected chi connectivity index (χ4v) is 8.28. The lowest BCUT2D eigenvalue weighted by atomic mass is 9.72. The molecule has 1 aliphatic carbocycles. The number of non-ortho nitro benzene ring substituents is 1. The van der Waals surface area contributed by atoms with E-state index < -0.39 is 21.8 Å². The normalized spacial score (nSPS) is 16.6. The van der Waals surface area contributed by atoms with Crippen LogP contribution in [0, 0.1) is 15.5 Å². The number of aromatic nitrogens is 2. The van der Waals surface area contributed by atoms with Gasteiger partial charge in [-0.3, -0.25) is 24.5 Å². The molecule has 0 bridgehead atoms. The highest BCUT2D eigenvalue weighted by atomic mass is 35.5. The average molecular weight is 783 g/mol. The predicted octanol–water partition coefficient (Wildman–Crippen LogP) is 8.30. The van der Waals surface area contributed by atoms with Crippen LogP contribution in [0.3, 0.4) is 0 Å². The highest BCUT2D eigenvalue weighted by Crippen LogP contribution is 2.43. The Labute approximate surface area is 327 Å². The van der Waals surface area contributed by atoms with Crippen molar-refractivity contribution in [1.82, 2.24) is 19.6 Å². The summed E-state index contributed by atoms with van der Waals surface area (Å²) in [6.07, 6.45) is 6.62. The van der Waals surface area contributed by atoms with Gasteiger partial charge in [0.1, 0.15) is 22.0 Å². The van der Waals surface area contributed by atoms with E-state index in [4.69, 9.17) is 21.1 Å². The third kappa shape index (κ3) is 9.08. The van der Waals surface area contributed by atoms with Crippen LogP contribution < -0.4 is 14.4 Å². The van der Waals surface area contributed by atoms with Crippen LogP contribution in [0.15, 0.2) is 95.7 Å². The third-order valence-electron chi connectivity index (χ3n) is 10.2. The molecule has 12 nitrogen and oxygen atoms in total. The van der Waals surface area contributed by atoms with E-state index in [1.54, 1.807) is 18.5 Å². The number of carbonyl (C=O) groups excluding carboxylic acids is 1. The number of anilines is 1. The number of hydrogen-bond donors (Lipinski definition) is 2. The van der Waals surface area contributed by atoms with E-state index in [-0.39, 0.29) is 33.9 Å². The number of aromatic amines is 1. The number of nitrogens with one attached hydrogen (secondary N) is 2. The molecule has 0 saturated carbocycles. The Kier molecular flexibility index (Phi) is 11.3. The first-order valence-corrected chi connectivity index (χ1v) is 19.7. The van der Waals surface area contributed by atoms with Crippen molar-refractivity contribution in [2.45, 2.75) is 44.6 Å². The second-order valence-corrected chi connectivity index (χ2v) is 16.4. The molecule has 5 aromatic rings. The summed E-state index contributed by atoms with van der Waals surface area (Å²) in [7, 11) is -0.632. The Bertz CT molecular complexity index is 2280. The number of ether oxygens (including phenoxy) is 2. The number of pyridine rings is 1. The summed E-state index contributed by atoms with van der Waals surface area (Å²) >= 11 is 6.23. The number of hydrogen-bond acceptors (Lipinski definition) is 9. The number of halogens is 1. The van der Waals surface area contributed by atoms with Crippen LogP contribution in [-0.4, -0.2) is 69.7 Å². The highest BCUT2D eigenvalue weighted by Gasteiger charge is 2.30. The van der Waals surface area contributed by atoms with Crippen molar-refractivity contribution < 1.29 is 23.4 Å². The van der Waals surface area contributed by atoms with Crippen molar-refractivity contribution in [3.63, 3.8) is 0 Å². The van der Waals surface area contributed by atoms with Gasteiger partial charge in [0.15, 0.2) is 11.0 Å². The molecular weight excluding hydrogens is 740 g/mol. The molecule has 0 radical (unpaired) electrons. The van der Waals surface area contributed by atoms with Crippen molar-refractivity contribution in [1.29, 1.82) is 0 Å². The lowest BCUT2D eigenvalue weighted by molar-refractivity contribution is -0.385. The third-order valence-corrected chi connectivity index (χ3v) is 11.6. The number of allylic oxidation sites excluding steroid dienone is 1. The second-order valence-electron chi connectivity index (χ2n) is 14.8. The molecule has 3 heterocycles. The molecule has 2 aliphatic rings. The summed E-state index contributed by atoms with van der Waals surface area (Å²) in [5, 5.41) is 13.1. The van der Waals surface area contributed by atoms with Gasteiger partial charge >= 0.3 is 0 Å². The van der Waals surface area contributed by atoms with Crippen LogP contribution in [0.1, 0.15) is 54.6 Å².